The lowest BCUT2D eigenvalue weighted by atomic mass is 9.87. The van der Waals surface area contributed by atoms with Crippen LogP contribution in [0.4, 0.5) is 0 Å². The Hall–Kier alpha value is -2.24. The van der Waals surface area contributed by atoms with Gasteiger partial charge in [0.2, 0.25) is 5.91 Å². The van der Waals surface area contributed by atoms with E-state index in [0.717, 1.165) is 45.9 Å². The van der Waals surface area contributed by atoms with Gasteiger partial charge in [-0.05, 0) is 68.2 Å². The molecule has 3 aromatic rings. The molecule has 0 spiro atoms. The van der Waals surface area contributed by atoms with Gasteiger partial charge in [-0.1, -0.05) is 29.4 Å². The molecule has 1 aromatic carbocycles. The molecular formula is C22H22ClN3OS. The van der Waals surface area contributed by atoms with Gasteiger partial charge in [0, 0.05) is 38.9 Å². The van der Waals surface area contributed by atoms with Gasteiger partial charge in [0.15, 0.2) is 0 Å². The van der Waals surface area contributed by atoms with E-state index >= 15 is 0 Å². The number of carbonyl (C=O) groups excluding carboxylic acids is 1. The Kier molecular flexibility index (Phi) is 5.74. The number of pyridine rings is 1. The number of benzene rings is 1. The van der Waals surface area contributed by atoms with Crippen LogP contribution in [0.25, 0.3) is 16.6 Å². The molecule has 1 atom stereocenters. The van der Waals surface area contributed by atoms with Crippen LogP contribution < -0.4 is 5.32 Å². The highest BCUT2D eigenvalue weighted by molar-refractivity contribution is 7.99. The average molecular weight is 412 g/mol. The van der Waals surface area contributed by atoms with Crippen molar-refractivity contribution in [2.75, 3.05) is 6.54 Å². The fourth-order valence-electron chi connectivity index (χ4n) is 3.57. The molecule has 0 saturated carbocycles. The Morgan fingerprint density at radius 2 is 2.14 bits per heavy atom. The van der Waals surface area contributed by atoms with Crippen molar-refractivity contribution in [1.82, 2.24) is 15.3 Å². The van der Waals surface area contributed by atoms with E-state index in [4.69, 9.17) is 11.6 Å². The van der Waals surface area contributed by atoms with E-state index in [-0.39, 0.29) is 11.8 Å². The van der Waals surface area contributed by atoms with E-state index in [2.05, 4.69) is 27.4 Å². The van der Waals surface area contributed by atoms with Gasteiger partial charge < -0.3 is 10.3 Å². The molecule has 6 heteroatoms. The van der Waals surface area contributed by atoms with E-state index in [1.54, 1.807) is 18.0 Å². The maximum atomic E-state index is 12.1. The molecule has 1 unspecified atom stereocenters. The number of allylic oxidation sites excluding steroid dienone is 2. The van der Waals surface area contributed by atoms with Crippen LogP contribution in [-0.4, -0.2) is 22.4 Å². The minimum absolute atomic E-state index is 0.0681. The molecule has 2 aromatic heterocycles. The van der Waals surface area contributed by atoms with Crippen LogP contribution in [0, 0.1) is 5.92 Å². The summed E-state index contributed by atoms with van der Waals surface area (Å²) in [6.45, 7) is 2.64. The predicted molar refractivity (Wildman–Crippen MR) is 116 cm³/mol. The first-order valence-electron chi connectivity index (χ1n) is 9.53. The second-order valence-corrected chi connectivity index (χ2v) is 8.40. The molecule has 0 saturated heterocycles. The molecule has 1 aliphatic rings. The largest absolute Gasteiger partial charge is 0.356 e. The minimum atomic E-state index is 0.0681. The van der Waals surface area contributed by atoms with Crippen molar-refractivity contribution in [2.24, 2.45) is 5.92 Å². The molecule has 1 amide bonds. The maximum Gasteiger partial charge on any atom is 0.223 e. The highest BCUT2D eigenvalue weighted by Gasteiger charge is 2.24. The Labute approximate surface area is 173 Å². The van der Waals surface area contributed by atoms with Crippen molar-refractivity contribution >= 4 is 45.9 Å². The van der Waals surface area contributed by atoms with Crippen LogP contribution in [0.3, 0.4) is 0 Å². The van der Waals surface area contributed by atoms with Crippen LogP contribution in [-0.2, 0) is 4.79 Å². The van der Waals surface area contributed by atoms with Crippen molar-refractivity contribution in [3.05, 3.63) is 59.4 Å². The fourth-order valence-corrected chi connectivity index (χ4v) is 4.76. The summed E-state index contributed by atoms with van der Waals surface area (Å²) in [5, 5.41) is 4.79. The number of nitrogens with one attached hydrogen (secondary N) is 2. The van der Waals surface area contributed by atoms with Crippen LogP contribution in [0.2, 0.25) is 5.02 Å². The molecule has 2 heterocycles. The molecule has 1 aliphatic carbocycles. The first-order chi connectivity index (χ1) is 13.7. The number of fused-ring (bicyclic) bond motifs is 1. The van der Waals surface area contributed by atoms with Gasteiger partial charge in [-0.25, -0.2) is 4.98 Å². The van der Waals surface area contributed by atoms with Gasteiger partial charge in [0.05, 0.1) is 5.69 Å². The highest BCUT2D eigenvalue weighted by Crippen LogP contribution is 2.41. The number of rotatable bonds is 5. The summed E-state index contributed by atoms with van der Waals surface area (Å²) in [5.41, 5.74) is 3.26. The molecule has 0 aliphatic heterocycles. The fraction of sp³-hybridized carbons (Fsp3) is 0.273. The van der Waals surface area contributed by atoms with E-state index in [9.17, 15) is 4.79 Å². The number of hydrogen-bond acceptors (Lipinski definition) is 3. The standard InChI is InChI=1S/C22H22ClN3OS/c1-2-24-22(27)15-7-5-14(6-8-15)19-20(18-4-3-13-25-21(18)26-19)28-17-11-9-16(23)10-12-17/h3-5,9-13,15H,2,6-8H2,1H3,(H,24,27)(H,25,26). The van der Waals surface area contributed by atoms with Gasteiger partial charge in [0.1, 0.15) is 5.65 Å². The Bertz CT molecular complexity index is 1030. The summed E-state index contributed by atoms with van der Waals surface area (Å²) < 4.78 is 0. The first kappa shape index (κ1) is 19.1. The molecule has 28 heavy (non-hydrogen) atoms. The van der Waals surface area contributed by atoms with Crippen molar-refractivity contribution in [1.29, 1.82) is 0 Å². The van der Waals surface area contributed by atoms with Crippen LogP contribution in [0.15, 0.2) is 58.5 Å². The second-order valence-electron chi connectivity index (χ2n) is 6.88. The number of H-pyrrole nitrogens is 1. The first-order valence-corrected chi connectivity index (χ1v) is 10.7. The number of hydrogen-bond donors (Lipinski definition) is 2. The average Bonchev–Trinajstić information content (AvgIpc) is 3.08. The van der Waals surface area contributed by atoms with Gasteiger partial charge in [0.25, 0.3) is 0 Å². The van der Waals surface area contributed by atoms with Crippen molar-refractivity contribution < 1.29 is 4.79 Å². The topological polar surface area (TPSA) is 57.8 Å². The molecule has 0 bridgehead atoms. The normalized spacial score (nSPS) is 16.8. The SMILES string of the molecule is CCNC(=O)C1CC=C(c2[nH]c3ncccc3c2Sc2ccc(Cl)cc2)CC1. The molecular weight excluding hydrogens is 390 g/mol. The van der Waals surface area contributed by atoms with Gasteiger partial charge in [-0.15, -0.1) is 0 Å². The monoisotopic (exact) mass is 411 g/mol. The van der Waals surface area contributed by atoms with E-state index in [1.165, 1.54) is 10.5 Å². The Balaban J connectivity index is 1.67. The maximum absolute atomic E-state index is 12.1. The molecule has 0 fully saturated rings. The number of amides is 1. The Morgan fingerprint density at radius 3 is 2.86 bits per heavy atom. The van der Waals surface area contributed by atoms with Gasteiger partial charge in [-0.3, -0.25) is 4.79 Å². The van der Waals surface area contributed by atoms with Crippen LogP contribution >= 0.6 is 23.4 Å². The quantitative estimate of drug-likeness (QED) is 0.567. The number of aromatic amines is 1. The summed E-state index contributed by atoms with van der Waals surface area (Å²) >= 11 is 7.75. The van der Waals surface area contributed by atoms with E-state index < -0.39 is 0 Å². The molecule has 144 valence electrons. The van der Waals surface area contributed by atoms with Crippen molar-refractivity contribution in [2.45, 2.75) is 36.0 Å². The molecule has 2 N–H and O–H groups in total. The van der Waals surface area contributed by atoms with Crippen molar-refractivity contribution in [3.8, 4) is 0 Å². The minimum Gasteiger partial charge on any atom is -0.356 e. The third-order valence-corrected chi connectivity index (χ3v) is 6.40. The summed E-state index contributed by atoms with van der Waals surface area (Å²) in [6, 6.07) is 12.0. The molecule has 0 radical (unpaired) electrons. The third kappa shape index (κ3) is 3.96. The Morgan fingerprint density at radius 1 is 1.32 bits per heavy atom. The van der Waals surface area contributed by atoms with Gasteiger partial charge in [-0.2, -0.15) is 0 Å². The number of halogens is 1. The summed E-state index contributed by atoms with van der Waals surface area (Å²) in [4.78, 5) is 22.5. The van der Waals surface area contributed by atoms with Crippen LogP contribution in [0.5, 0.6) is 0 Å². The lowest BCUT2D eigenvalue weighted by Gasteiger charge is -2.21. The zero-order valence-corrected chi connectivity index (χ0v) is 17.2. The molecule has 4 nitrogen and oxygen atoms in total. The second kappa shape index (κ2) is 8.41. The predicted octanol–water partition coefficient (Wildman–Crippen LogP) is 5.69. The summed E-state index contributed by atoms with van der Waals surface area (Å²) in [5.74, 6) is 0.227. The summed E-state index contributed by atoms with van der Waals surface area (Å²) in [7, 11) is 0. The highest BCUT2D eigenvalue weighted by atomic mass is 35.5. The lowest BCUT2D eigenvalue weighted by Crippen LogP contribution is -2.31. The van der Waals surface area contributed by atoms with Gasteiger partial charge >= 0.3 is 0 Å². The van der Waals surface area contributed by atoms with E-state index in [1.807, 2.05) is 37.3 Å². The number of aromatic nitrogens is 2. The zero-order chi connectivity index (χ0) is 19.5. The lowest BCUT2D eigenvalue weighted by molar-refractivity contribution is -0.125. The smallest absolute Gasteiger partial charge is 0.223 e. The van der Waals surface area contributed by atoms with Crippen molar-refractivity contribution in [3.63, 3.8) is 0 Å². The number of carbonyl (C=O) groups is 1. The third-order valence-electron chi connectivity index (χ3n) is 5.01. The van der Waals surface area contributed by atoms with E-state index in [0.29, 0.717) is 6.54 Å². The number of nitrogens with zero attached hydrogens (tertiary/aromatic N) is 1. The zero-order valence-electron chi connectivity index (χ0n) is 15.7. The summed E-state index contributed by atoms with van der Waals surface area (Å²) in [6.07, 6.45) is 6.53. The molecule has 4 rings (SSSR count). The van der Waals surface area contributed by atoms with Crippen LogP contribution in [0.1, 0.15) is 31.9 Å².